The van der Waals surface area contributed by atoms with E-state index in [1.807, 2.05) is 6.07 Å². The van der Waals surface area contributed by atoms with E-state index in [4.69, 9.17) is 8.83 Å². The van der Waals surface area contributed by atoms with Crippen LogP contribution in [0.25, 0.3) is 11.3 Å². The van der Waals surface area contributed by atoms with Crippen molar-refractivity contribution in [2.45, 2.75) is 25.4 Å². The van der Waals surface area contributed by atoms with E-state index in [2.05, 4.69) is 26.2 Å². The summed E-state index contributed by atoms with van der Waals surface area (Å²) in [5.74, 6) is 1.45. The number of nitrogens with one attached hydrogen (secondary N) is 1. The minimum atomic E-state index is 0.663. The Morgan fingerprint density at radius 1 is 1.50 bits per heavy atom. The fourth-order valence-electron chi connectivity index (χ4n) is 1.51. The summed E-state index contributed by atoms with van der Waals surface area (Å²) in [6.07, 6.45) is 5.87. The Morgan fingerprint density at radius 2 is 2.38 bits per heavy atom. The van der Waals surface area contributed by atoms with Crippen molar-refractivity contribution < 1.29 is 8.83 Å². The van der Waals surface area contributed by atoms with Crippen molar-refractivity contribution >= 4 is 15.9 Å². The van der Waals surface area contributed by atoms with Crippen LogP contribution in [-0.4, -0.2) is 11.0 Å². The van der Waals surface area contributed by atoms with Gasteiger partial charge in [0, 0.05) is 6.04 Å². The lowest BCUT2D eigenvalue weighted by molar-refractivity contribution is 0.475. The van der Waals surface area contributed by atoms with Gasteiger partial charge in [-0.05, 0) is 34.8 Å². The van der Waals surface area contributed by atoms with Gasteiger partial charge in [-0.3, -0.25) is 0 Å². The van der Waals surface area contributed by atoms with Crippen LogP contribution in [0.1, 0.15) is 18.7 Å². The van der Waals surface area contributed by atoms with Crippen LogP contribution in [0.5, 0.6) is 0 Å². The predicted octanol–water partition coefficient (Wildman–Crippen LogP) is 2.95. The number of hydrogen-bond acceptors (Lipinski definition) is 4. The second-order valence-electron chi connectivity index (χ2n) is 3.88. The minimum absolute atomic E-state index is 0.663. The van der Waals surface area contributed by atoms with E-state index >= 15 is 0 Å². The summed E-state index contributed by atoms with van der Waals surface area (Å²) in [6, 6.07) is 2.51. The van der Waals surface area contributed by atoms with Crippen LogP contribution >= 0.6 is 15.9 Å². The van der Waals surface area contributed by atoms with Gasteiger partial charge in [0.25, 0.3) is 0 Å². The van der Waals surface area contributed by atoms with Gasteiger partial charge in [-0.15, -0.1) is 0 Å². The Kier molecular flexibility index (Phi) is 2.57. The lowest BCUT2D eigenvalue weighted by atomic mass is 10.3. The van der Waals surface area contributed by atoms with Crippen LogP contribution in [0.3, 0.4) is 0 Å². The third kappa shape index (κ3) is 2.05. The average Bonchev–Trinajstić information content (AvgIpc) is 2.82. The number of hydrogen-bond donors (Lipinski definition) is 1. The number of rotatable bonds is 4. The van der Waals surface area contributed by atoms with E-state index in [1.165, 1.54) is 12.8 Å². The van der Waals surface area contributed by atoms with E-state index in [0.29, 0.717) is 17.3 Å². The maximum atomic E-state index is 5.62. The number of furan rings is 1. The van der Waals surface area contributed by atoms with E-state index < -0.39 is 0 Å². The average molecular weight is 283 g/mol. The SMILES string of the molecule is Brc1occc1-c1cnc(CNC2CC2)o1. The van der Waals surface area contributed by atoms with Crippen molar-refractivity contribution in [3.05, 3.63) is 29.1 Å². The molecule has 0 saturated heterocycles. The van der Waals surface area contributed by atoms with Crippen molar-refractivity contribution in [2.75, 3.05) is 0 Å². The van der Waals surface area contributed by atoms with Crippen LogP contribution in [0.4, 0.5) is 0 Å². The van der Waals surface area contributed by atoms with Gasteiger partial charge in [-0.25, -0.2) is 4.98 Å². The third-order valence-corrected chi connectivity index (χ3v) is 3.17. The van der Waals surface area contributed by atoms with Gasteiger partial charge in [0.15, 0.2) is 10.4 Å². The minimum Gasteiger partial charge on any atom is -0.457 e. The summed E-state index contributed by atoms with van der Waals surface area (Å²) in [4.78, 5) is 4.22. The fraction of sp³-hybridized carbons (Fsp3) is 0.364. The van der Waals surface area contributed by atoms with Crippen LogP contribution in [-0.2, 0) is 6.54 Å². The summed E-state index contributed by atoms with van der Waals surface area (Å²) in [6.45, 7) is 0.695. The van der Waals surface area contributed by atoms with Gasteiger partial charge in [0.1, 0.15) is 0 Å². The van der Waals surface area contributed by atoms with Gasteiger partial charge in [0.2, 0.25) is 5.89 Å². The molecule has 0 aromatic carbocycles. The molecule has 4 nitrogen and oxygen atoms in total. The van der Waals surface area contributed by atoms with E-state index in [1.54, 1.807) is 12.5 Å². The van der Waals surface area contributed by atoms with Crippen molar-refractivity contribution in [3.63, 3.8) is 0 Å². The molecule has 16 heavy (non-hydrogen) atoms. The first-order valence-electron chi connectivity index (χ1n) is 5.24. The van der Waals surface area contributed by atoms with Crippen molar-refractivity contribution in [2.24, 2.45) is 0 Å². The molecule has 0 unspecified atom stereocenters. The molecular formula is C11H11BrN2O2. The molecule has 1 aliphatic rings. The normalized spacial score (nSPS) is 15.6. The molecule has 2 aromatic rings. The Labute approximate surface area is 101 Å². The maximum absolute atomic E-state index is 5.62. The Balaban J connectivity index is 1.74. The molecule has 1 saturated carbocycles. The van der Waals surface area contributed by atoms with E-state index in [-0.39, 0.29) is 0 Å². The number of halogens is 1. The molecule has 0 aliphatic heterocycles. The zero-order chi connectivity index (χ0) is 11.0. The molecule has 84 valence electrons. The van der Waals surface area contributed by atoms with Crippen LogP contribution in [0.2, 0.25) is 0 Å². The number of oxazole rings is 1. The van der Waals surface area contributed by atoms with E-state index in [9.17, 15) is 0 Å². The highest BCUT2D eigenvalue weighted by atomic mass is 79.9. The van der Waals surface area contributed by atoms with Crippen LogP contribution in [0.15, 0.2) is 32.0 Å². The van der Waals surface area contributed by atoms with Gasteiger partial charge in [-0.2, -0.15) is 0 Å². The number of aromatic nitrogens is 1. The molecule has 1 aliphatic carbocycles. The molecule has 1 N–H and O–H groups in total. The summed E-state index contributed by atoms with van der Waals surface area (Å²) in [7, 11) is 0. The van der Waals surface area contributed by atoms with Crippen molar-refractivity contribution in [3.8, 4) is 11.3 Å². The summed E-state index contributed by atoms with van der Waals surface area (Å²) >= 11 is 3.31. The molecule has 5 heteroatoms. The standard InChI is InChI=1S/C11H11BrN2O2/c12-11-8(3-4-15-11)9-5-14-10(16-9)6-13-7-1-2-7/h3-5,7,13H,1-2,6H2. The lowest BCUT2D eigenvalue weighted by Crippen LogP contribution is -2.15. The molecule has 0 radical (unpaired) electrons. The largest absolute Gasteiger partial charge is 0.457 e. The first-order chi connectivity index (χ1) is 7.83. The molecular weight excluding hydrogens is 272 g/mol. The fourth-order valence-corrected chi connectivity index (χ4v) is 1.94. The molecule has 2 aromatic heterocycles. The highest BCUT2D eigenvalue weighted by Gasteiger charge is 2.21. The monoisotopic (exact) mass is 282 g/mol. The van der Waals surface area contributed by atoms with Gasteiger partial charge < -0.3 is 14.2 Å². The Bertz CT molecular complexity index is 488. The van der Waals surface area contributed by atoms with E-state index in [0.717, 1.165) is 17.2 Å². The van der Waals surface area contributed by atoms with Gasteiger partial charge in [-0.1, -0.05) is 0 Å². The second-order valence-corrected chi connectivity index (χ2v) is 4.60. The quantitative estimate of drug-likeness (QED) is 0.937. The van der Waals surface area contributed by atoms with Crippen LogP contribution in [0, 0.1) is 0 Å². The maximum Gasteiger partial charge on any atom is 0.208 e. The first kappa shape index (κ1) is 10.1. The zero-order valence-corrected chi connectivity index (χ0v) is 10.2. The van der Waals surface area contributed by atoms with Crippen molar-refractivity contribution in [1.29, 1.82) is 0 Å². The summed E-state index contributed by atoms with van der Waals surface area (Å²) in [5, 5.41) is 3.35. The highest BCUT2D eigenvalue weighted by Crippen LogP contribution is 2.29. The summed E-state index contributed by atoms with van der Waals surface area (Å²) in [5.41, 5.74) is 0.894. The van der Waals surface area contributed by atoms with Gasteiger partial charge >= 0.3 is 0 Å². The topological polar surface area (TPSA) is 51.2 Å². The highest BCUT2D eigenvalue weighted by molar-refractivity contribution is 9.10. The first-order valence-corrected chi connectivity index (χ1v) is 6.03. The van der Waals surface area contributed by atoms with Crippen molar-refractivity contribution in [1.82, 2.24) is 10.3 Å². The zero-order valence-electron chi connectivity index (χ0n) is 8.57. The molecule has 0 bridgehead atoms. The molecule has 0 amide bonds. The van der Waals surface area contributed by atoms with Gasteiger partial charge in [0.05, 0.1) is 24.6 Å². The van der Waals surface area contributed by atoms with Crippen LogP contribution < -0.4 is 5.32 Å². The third-order valence-electron chi connectivity index (χ3n) is 2.56. The predicted molar refractivity (Wildman–Crippen MR) is 61.8 cm³/mol. The lowest BCUT2D eigenvalue weighted by Gasteiger charge is -1.96. The second kappa shape index (κ2) is 4.07. The Hall–Kier alpha value is -1.07. The molecule has 0 atom stereocenters. The Morgan fingerprint density at radius 3 is 3.06 bits per heavy atom. The smallest absolute Gasteiger partial charge is 0.208 e. The number of nitrogens with zero attached hydrogens (tertiary/aromatic N) is 1. The summed E-state index contributed by atoms with van der Waals surface area (Å²) < 4.78 is 11.4. The molecule has 3 rings (SSSR count). The molecule has 2 heterocycles. The molecule has 0 spiro atoms. The molecule has 1 fully saturated rings.